The van der Waals surface area contributed by atoms with Crippen molar-refractivity contribution in [1.82, 2.24) is 0 Å². The molecule has 1 aromatic carbocycles. The van der Waals surface area contributed by atoms with Crippen molar-refractivity contribution in [2.24, 2.45) is 4.99 Å². The number of hydrogen-bond acceptors (Lipinski definition) is 5. The molecule has 0 aliphatic rings. The molecule has 0 heterocycles. The van der Waals surface area contributed by atoms with Crippen molar-refractivity contribution < 1.29 is 24.5 Å². The van der Waals surface area contributed by atoms with E-state index in [0.717, 1.165) is 12.3 Å². The summed E-state index contributed by atoms with van der Waals surface area (Å²) < 4.78 is 4.61. The van der Waals surface area contributed by atoms with Crippen LogP contribution in [0.2, 0.25) is 0 Å². The molecule has 0 aliphatic carbocycles. The van der Waals surface area contributed by atoms with Gasteiger partial charge in [-0.05, 0) is 25.1 Å². The lowest BCUT2D eigenvalue weighted by Gasteiger charge is -2.00. The zero-order valence-electron chi connectivity index (χ0n) is 9.08. The third-order valence-corrected chi connectivity index (χ3v) is 1.82. The molecule has 17 heavy (non-hydrogen) atoms. The summed E-state index contributed by atoms with van der Waals surface area (Å²) in [5, 5.41) is 18.0. The number of aromatic carboxylic acids is 1. The van der Waals surface area contributed by atoms with E-state index in [9.17, 15) is 14.7 Å². The molecule has 0 atom stereocenters. The molecule has 0 amide bonds. The molecular weight excluding hydrogens is 226 g/mol. The maximum atomic E-state index is 11.0. The summed E-state index contributed by atoms with van der Waals surface area (Å²) in [7, 11) is 0. The fourth-order valence-corrected chi connectivity index (χ4v) is 1.08. The van der Waals surface area contributed by atoms with E-state index in [-0.39, 0.29) is 23.6 Å². The summed E-state index contributed by atoms with van der Waals surface area (Å²) >= 11 is 0. The Hall–Kier alpha value is -2.37. The average molecular weight is 237 g/mol. The number of ether oxygens (including phenoxy) is 1. The lowest BCUT2D eigenvalue weighted by Crippen LogP contribution is -2.04. The third kappa shape index (κ3) is 3.60. The standard InChI is InChI=1S/C11H11NO5/c1-2-17-10(14)6-12-7-3-4-9(13)8(5-7)11(15)16/h3-6,13H,2H2,1H3,(H,15,16). The van der Waals surface area contributed by atoms with Crippen LogP contribution in [-0.4, -0.2) is 35.0 Å². The number of carboxylic acid groups (broad SMARTS) is 1. The molecule has 0 spiro atoms. The molecule has 90 valence electrons. The van der Waals surface area contributed by atoms with Crippen molar-refractivity contribution in [3.63, 3.8) is 0 Å². The number of hydrogen-bond donors (Lipinski definition) is 2. The van der Waals surface area contributed by atoms with Gasteiger partial charge in [-0.3, -0.25) is 0 Å². The maximum Gasteiger partial charge on any atom is 0.349 e. The molecule has 6 nitrogen and oxygen atoms in total. The summed E-state index contributed by atoms with van der Waals surface area (Å²) in [6.45, 7) is 1.90. The normalized spacial score (nSPS) is 10.4. The van der Waals surface area contributed by atoms with Gasteiger partial charge in [0.15, 0.2) is 0 Å². The Morgan fingerprint density at radius 2 is 2.18 bits per heavy atom. The molecule has 0 aromatic heterocycles. The Morgan fingerprint density at radius 1 is 1.47 bits per heavy atom. The van der Waals surface area contributed by atoms with Crippen LogP contribution >= 0.6 is 0 Å². The number of rotatable bonds is 4. The number of aliphatic imine (C=N–C) groups is 1. The molecule has 1 rings (SSSR count). The number of carbonyl (C=O) groups excluding carboxylic acids is 1. The van der Waals surface area contributed by atoms with Gasteiger partial charge in [-0.2, -0.15) is 0 Å². The van der Waals surface area contributed by atoms with Crippen molar-refractivity contribution >= 4 is 23.8 Å². The van der Waals surface area contributed by atoms with Gasteiger partial charge in [0.05, 0.1) is 12.3 Å². The van der Waals surface area contributed by atoms with Crippen LogP contribution < -0.4 is 0 Å². The van der Waals surface area contributed by atoms with Crippen LogP contribution in [0.3, 0.4) is 0 Å². The number of phenols is 1. The van der Waals surface area contributed by atoms with Crippen LogP contribution in [0.5, 0.6) is 5.75 Å². The summed E-state index contributed by atoms with van der Waals surface area (Å²) in [5.41, 5.74) is -0.0308. The Morgan fingerprint density at radius 3 is 2.76 bits per heavy atom. The first kappa shape index (κ1) is 12.7. The maximum absolute atomic E-state index is 11.0. The molecule has 2 N–H and O–H groups in total. The van der Waals surface area contributed by atoms with Crippen LogP contribution in [0, 0.1) is 0 Å². The Balaban J connectivity index is 2.89. The van der Waals surface area contributed by atoms with Crippen LogP contribution in [0.1, 0.15) is 17.3 Å². The van der Waals surface area contributed by atoms with Gasteiger partial charge >= 0.3 is 11.9 Å². The predicted octanol–water partition coefficient (Wildman–Crippen LogP) is 1.36. The number of nitrogens with zero attached hydrogens (tertiary/aromatic N) is 1. The van der Waals surface area contributed by atoms with Gasteiger partial charge in [0.25, 0.3) is 0 Å². The zero-order chi connectivity index (χ0) is 12.8. The molecule has 0 saturated carbocycles. The van der Waals surface area contributed by atoms with Gasteiger partial charge in [0.1, 0.15) is 17.5 Å². The van der Waals surface area contributed by atoms with Gasteiger partial charge in [0, 0.05) is 0 Å². The lowest BCUT2D eigenvalue weighted by molar-refractivity contribution is -0.134. The van der Waals surface area contributed by atoms with Gasteiger partial charge in [-0.15, -0.1) is 0 Å². The van der Waals surface area contributed by atoms with E-state index < -0.39 is 11.9 Å². The minimum Gasteiger partial charge on any atom is -0.507 e. The Labute approximate surface area is 97.2 Å². The summed E-state index contributed by atoms with van der Waals surface area (Å²) in [5.74, 6) is -2.24. The zero-order valence-corrected chi connectivity index (χ0v) is 9.08. The third-order valence-electron chi connectivity index (χ3n) is 1.82. The molecule has 0 radical (unpaired) electrons. The van der Waals surface area contributed by atoms with Crippen molar-refractivity contribution in [2.75, 3.05) is 6.61 Å². The molecular formula is C11H11NO5. The van der Waals surface area contributed by atoms with Crippen LogP contribution in [0.15, 0.2) is 23.2 Å². The fourth-order valence-electron chi connectivity index (χ4n) is 1.08. The molecule has 0 saturated heterocycles. The topological polar surface area (TPSA) is 96.2 Å². The highest BCUT2D eigenvalue weighted by atomic mass is 16.5. The minimum absolute atomic E-state index is 0.237. The molecule has 1 aromatic rings. The van der Waals surface area contributed by atoms with E-state index in [2.05, 4.69) is 9.73 Å². The van der Waals surface area contributed by atoms with Crippen LogP contribution in [0.25, 0.3) is 0 Å². The van der Waals surface area contributed by atoms with Crippen molar-refractivity contribution in [1.29, 1.82) is 0 Å². The van der Waals surface area contributed by atoms with E-state index in [0.29, 0.717) is 0 Å². The van der Waals surface area contributed by atoms with Crippen molar-refractivity contribution in [3.05, 3.63) is 23.8 Å². The lowest BCUT2D eigenvalue weighted by atomic mass is 10.2. The van der Waals surface area contributed by atoms with E-state index in [1.54, 1.807) is 6.92 Å². The van der Waals surface area contributed by atoms with E-state index >= 15 is 0 Å². The highest BCUT2D eigenvalue weighted by Crippen LogP contribution is 2.22. The molecule has 0 fully saturated rings. The largest absolute Gasteiger partial charge is 0.507 e. The highest BCUT2D eigenvalue weighted by molar-refractivity contribution is 6.23. The Kier molecular flexibility index (Phi) is 4.21. The second-order valence-electron chi connectivity index (χ2n) is 3.02. The molecule has 0 bridgehead atoms. The summed E-state index contributed by atoms with van der Waals surface area (Å²) in [6.07, 6.45) is 0.946. The van der Waals surface area contributed by atoms with Crippen LogP contribution in [0.4, 0.5) is 5.69 Å². The number of carboxylic acids is 1. The van der Waals surface area contributed by atoms with E-state index in [1.165, 1.54) is 12.1 Å². The van der Waals surface area contributed by atoms with Gasteiger partial charge in [0.2, 0.25) is 0 Å². The summed E-state index contributed by atoms with van der Waals surface area (Å²) in [4.78, 5) is 25.4. The second-order valence-corrected chi connectivity index (χ2v) is 3.02. The monoisotopic (exact) mass is 237 g/mol. The second kappa shape index (κ2) is 5.64. The van der Waals surface area contributed by atoms with Crippen molar-refractivity contribution in [3.8, 4) is 5.75 Å². The Bertz CT molecular complexity index is 467. The van der Waals surface area contributed by atoms with Crippen LogP contribution in [-0.2, 0) is 9.53 Å². The first-order valence-corrected chi connectivity index (χ1v) is 4.81. The first-order valence-electron chi connectivity index (χ1n) is 4.81. The first-order chi connectivity index (χ1) is 8.04. The number of aromatic hydroxyl groups is 1. The van der Waals surface area contributed by atoms with Gasteiger partial charge in [-0.1, -0.05) is 0 Å². The molecule has 0 aliphatic heterocycles. The number of esters is 1. The minimum atomic E-state index is -1.27. The van der Waals surface area contributed by atoms with Gasteiger partial charge < -0.3 is 14.9 Å². The summed E-state index contributed by atoms with van der Waals surface area (Å²) in [6, 6.07) is 3.74. The number of carbonyl (C=O) groups is 2. The van der Waals surface area contributed by atoms with E-state index in [1.807, 2.05) is 0 Å². The SMILES string of the molecule is CCOC(=O)C=Nc1ccc(O)c(C(=O)O)c1. The average Bonchev–Trinajstić information content (AvgIpc) is 2.28. The van der Waals surface area contributed by atoms with E-state index in [4.69, 9.17) is 5.11 Å². The smallest absolute Gasteiger partial charge is 0.349 e. The van der Waals surface area contributed by atoms with Crippen molar-refractivity contribution in [2.45, 2.75) is 6.92 Å². The number of benzene rings is 1. The van der Waals surface area contributed by atoms with Gasteiger partial charge in [-0.25, -0.2) is 14.6 Å². The quantitative estimate of drug-likeness (QED) is 0.608. The predicted molar refractivity (Wildman–Crippen MR) is 59.9 cm³/mol. The fraction of sp³-hybridized carbons (Fsp3) is 0.182. The molecule has 6 heteroatoms. The highest BCUT2D eigenvalue weighted by Gasteiger charge is 2.09. The molecule has 0 unspecified atom stereocenters.